The average molecular weight is 179 g/mol. The molecular weight excluding hydrogens is 165 g/mol. The number of hydrogen-bond acceptors (Lipinski definition) is 1. The molecule has 0 atom stereocenters. The second kappa shape index (κ2) is 3.69. The van der Waals surface area contributed by atoms with Crippen molar-refractivity contribution < 1.29 is 4.39 Å². The maximum absolute atomic E-state index is 12.7. The van der Waals surface area contributed by atoms with Crippen LogP contribution < -0.4 is 0 Å². The zero-order valence-electron chi connectivity index (χ0n) is 8.21. The van der Waals surface area contributed by atoms with Crippen LogP contribution in [0.5, 0.6) is 0 Å². The number of halogens is 1. The van der Waals surface area contributed by atoms with Gasteiger partial charge in [-0.3, -0.25) is 4.99 Å². The highest BCUT2D eigenvalue weighted by Crippen LogP contribution is 2.07. The first kappa shape index (κ1) is 9.90. The molecule has 0 fully saturated rings. The summed E-state index contributed by atoms with van der Waals surface area (Å²) < 4.78 is 12.7. The smallest absolute Gasteiger partial charge is 0.123 e. The lowest BCUT2D eigenvalue weighted by molar-refractivity contribution is 0.586. The van der Waals surface area contributed by atoms with Gasteiger partial charge in [0.05, 0.1) is 5.54 Å². The van der Waals surface area contributed by atoms with Gasteiger partial charge in [-0.2, -0.15) is 0 Å². The Labute approximate surface area is 78.3 Å². The van der Waals surface area contributed by atoms with Crippen molar-refractivity contribution in [3.63, 3.8) is 0 Å². The van der Waals surface area contributed by atoms with Gasteiger partial charge in [-0.25, -0.2) is 4.39 Å². The van der Waals surface area contributed by atoms with Crippen molar-refractivity contribution >= 4 is 6.21 Å². The molecule has 0 amide bonds. The van der Waals surface area contributed by atoms with Crippen LogP contribution in [0.2, 0.25) is 0 Å². The third-order valence-electron chi connectivity index (χ3n) is 1.45. The molecule has 0 unspecified atom stereocenters. The van der Waals surface area contributed by atoms with E-state index in [-0.39, 0.29) is 11.4 Å². The van der Waals surface area contributed by atoms with Crippen molar-refractivity contribution in [2.45, 2.75) is 26.3 Å². The predicted molar refractivity (Wildman–Crippen MR) is 53.7 cm³/mol. The van der Waals surface area contributed by atoms with E-state index in [1.807, 2.05) is 26.8 Å². The van der Waals surface area contributed by atoms with Crippen molar-refractivity contribution in [3.8, 4) is 0 Å². The normalized spacial score (nSPS) is 12.3. The first-order valence-corrected chi connectivity index (χ1v) is 4.28. The van der Waals surface area contributed by atoms with Crippen LogP contribution in [0.4, 0.5) is 4.39 Å². The minimum atomic E-state index is -0.224. The Morgan fingerprint density at radius 3 is 2.54 bits per heavy atom. The summed E-state index contributed by atoms with van der Waals surface area (Å²) in [5.74, 6) is -0.224. The van der Waals surface area contributed by atoms with Crippen LogP contribution in [0, 0.1) is 5.82 Å². The summed E-state index contributed by atoms with van der Waals surface area (Å²) in [6.07, 6.45) is 1.70. The highest BCUT2D eigenvalue weighted by Gasteiger charge is 2.04. The molecule has 13 heavy (non-hydrogen) atoms. The van der Waals surface area contributed by atoms with Gasteiger partial charge in [-0.15, -0.1) is 0 Å². The molecular formula is C11H14FN. The Hall–Kier alpha value is -1.18. The van der Waals surface area contributed by atoms with Crippen LogP contribution in [0.15, 0.2) is 29.3 Å². The molecule has 1 aromatic carbocycles. The van der Waals surface area contributed by atoms with Gasteiger partial charge < -0.3 is 0 Å². The molecule has 0 aliphatic rings. The Kier molecular flexibility index (Phi) is 2.81. The summed E-state index contributed by atoms with van der Waals surface area (Å²) in [7, 11) is 0. The van der Waals surface area contributed by atoms with Crippen molar-refractivity contribution in [1.82, 2.24) is 0 Å². The molecule has 2 heteroatoms. The summed E-state index contributed by atoms with van der Waals surface area (Å²) >= 11 is 0. The molecule has 0 heterocycles. The zero-order chi connectivity index (χ0) is 9.90. The molecule has 70 valence electrons. The van der Waals surface area contributed by atoms with E-state index in [0.29, 0.717) is 0 Å². The Morgan fingerprint density at radius 2 is 2.00 bits per heavy atom. The zero-order valence-corrected chi connectivity index (χ0v) is 8.21. The lowest BCUT2D eigenvalue weighted by Gasteiger charge is -2.10. The second-order valence-corrected chi connectivity index (χ2v) is 3.98. The van der Waals surface area contributed by atoms with Crippen molar-refractivity contribution in [2.75, 3.05) is 0 Å². The van der Waals surface area contributed by atoms with Gasteiger partial charge in [-0.1, -0.05) is 12.1 Å². The third-order valence-corrected chi connectivity index (χ3v) is 1.45. The van der Waals surface area contributed by atoms with Crippen molar-refractivity contribution in [1.29, 1.82) is 0 Å². The van der Waals surface area contributed by atoms with E-state index < -0.39 is 0 Å². The molecule has 0 aromatic heterocycles. The number of aliphatic imine (C=N–C) groups is 1. The lowest BCUT2D eigenvalue weighted by atomic mass is 10.1. The van der Waals surface area contributed by atoms with E-state index in [4.69, 9.17) is 0 Å². The van der Waals surface area contributed by atoms with Gasteiger partial charge in [0.25, 0.3) is 0 Å². The summed E-state index contributed by atoms with van der Waals surface area (Å²) in [5.41, 5.74) is 0.696. The van der Waals surface area contributed by atoms with Crippen LogP contribution in [-0.2, 0) is 0 Å². The van der Waals surface area contributed by atoms with Crippen molar-refractivity contribution in [2.24, 2.45) is 4.99 Å². The topological polar surface area (TPSA) is 12.4 Å². The minimum absolute atomic E-state index is 0.105. The predicted octanol–water partition coefficient (Wildman–Crippen LogP) is 3.04. The largest absolute Gasteiger partial charge is 0.287 e. The van der Waals surface area contributed by atoms with Gasteiger partial charge in [0.1, 0.15) is 5.82 Å². The summed E-state index contributed by atoms with van der Waals surface area (Å²) in [4.78, 5) is 4.28. The van der Waals surface area contributed by atoms with Gasteiger partial charge >= 0.3 is 0 Å². The van der Waals surface area contributed by atoms with E-state index in [0.717, 1.165) is 5.56 Å². The molecule has 0 spiro atoms. The van der Waals surface area contributed by atoms with Crippen molar-refractivity contribution in [3.05, 3.63) is 35.6 Å². The fourth-order valence-electron chi connectivity index (χ4n) is 0.855. The monoisotopic (exact) mass is 179 g/mol. The highest BCUT2D eigenvalue weighted by molar-refractivity contribution is 5.79. The maximum Gasteiger partial charge on any atom is 0.123 e. The lowest BCUT2D eigenvalue weighted by Crippen LogP contribution is -2.09. The first-order chi connectivity index (χ1) is 5.97. The fourth-order valence-corrected chi connectivity index (χ4v) is 0.855. The fraction of sp³-hybridized carbons (Fsp3) is 0.364. The second-order valence-electron chi connectivity index (χ2n) is 3.98. The molecule has 1 nitrogen and oxygen atoms in total. The molecule has 0 aliphatic carbocycles. The van der Waals surface area contributed by atoms with Gasteiger partial charge in [-0.05, 0) is 38.5 Å². The summed E-state index contributed by atoms with van der Waals surface area (Å²) in [6, 6.07) is 6.40. The van der Waals surface area contributed by atoms with E-state index in [1.165, 1.54) is 12.1 Å². The van der Waals surface area contributed by atoms with E-state index in [2.05, 4.69) is 4.99 Å². The van der Waals surface area contributed by atoms with Crippen LogP contribution in [0.1, 0.15) is 26.3 Å². The third kappa shape index (κ3) is 3.83. The maximum atomic E-state index is 12.7. The standard InChI is InChI=1S/C11H14FN/c1-11(2,3)13-8-9-5-4-6-10(12)7-9/h4-8H,1-3H3/b13-8+. The summed E-state index contributed by atoms with van der Waals surface area (Å²) in [5, 5.41) is 0. The number of nitrogens with zero attached hydrogens (tertiary/aromatic N) is 1. The highest BCUT2D eigenvalue weighted by atomic mass is 19.1. The molecule has 0 radical (unpaired) electrons. The molecule has 0 bridgehead atoms. The molecule has 0 saturated heterocycles. The van der Waals surface area contributed by atoms with Gasteiger partial charge in [0.2, 0.25) is 0 Å². The van der Waals surface area contributed by atoms with Gasteiger partial charge in [0, 0.05) is 6.21 Å². The first-order valence-electron chi connectivity index (χ1n) is 4.28. The number of benzene rings is 1. The number of hydrogen-bond donors (Lipinski definition) is 0. The minimum Gasteiger partial charge on any atom is -0.287 e. The Bertz CT molecular complexity index is 310. The molecule has 1 aromatic rings. The molecule has 0 aliphatic heterocycles. The molecule has 0 N–H and O–H groups in total. The van der Waals surface area contributed by atoms with E-state index in [1.54, 1.807) is 12.3 Å². The van der Waals surface area contributed by atoms with Crippen LogP contribution >= 0.6 is 0 Å². The van der Waals surface area contributed by atoms with E-state index >= 15 is 0 Å². The molecule has 0 saturated carbocycles. The van der Waals surface area contributed by atoms with E-state index in [9.17, 15) is 4.39 Å². The SMILES string of the molecule is CC(C)(C)/N=C/c1cccc(F)c1. The van der Waals surface area contributed by atoms with Crippen LogP contribution in [0.3, 0.4) is 0 Å². The van der Waals surface area contributed by atoms with Crippen LogP contribution in [0.25, 0.3) is 0 Å². The Balaban J connectivity index is 2.80. The Morgan fingerprint density at radius 1 is 1.31 bits per heavy atom. The molecule has 1 rings (SSSR count). The number of rotatable bonds is 1. The van der Waals surface area contributed by atoms with Gasteiger partial charge in [0.15, 0.2) is 0 Å². The summed E-state index contributed by atoms with van der Waals surface area (Å²) in [6.45, 7) is 6.01. The quantitative estimate of drug-likeness (QED) is 0.587. The van der Waals surface area contributed by atoms with Crippen LogP contribution in [-0.4, -0.2) is 11.8 Å². The average Bonchev–Trinajstić information content (AvgIpc) is 2.00.